The molecule has 2 unspecified atom stereocenters. The first-order chi connectivity index (χ1) is 7.10. The summed E-state index contributed by atoms with van der Waals surface area (Å²) in [6.07, 6.45) is 0.963. The Morgan fingerprint density at radius 1 is 1.40 bits per heavy atom. The van der Waals surface area contributed by atoms with Crippen molar-refractivity contribution in [3.63, 3.8) is 0 Å². The van der Waals surface area contributed by atoms with E-state index in [4.69, 9.17) is 0 Å². The maximum Gasteiger partial charge on any atom is 0.123 e. The molecule has 1 aromatic carbocycles. The highest BCUT2D eigenvalue weighted by molar-refractivity contribution is 5.23. The minimum Gasteiger partial charge on any atom is -0.385 e. The van der Waals surface area contributed by atoms with Gasteiger partial charge in [0.15, 0.2) is 0 Å². The van der Waals surface area contributed by atoms with Gasteiger partial charge in [0.25, 0.3) is 0 Å². The molecule has 0 aromatic heterocycles. The van der Waals surface area contributed by atoms with Gasteiger partial charge in [-0.2, -0.15) is 0 Å². The molecule has 0 radical (unpaired) electrons. The Morgan fingerprint density at radius 3 is 2.60 bits per heavy atom. The standard InChI is InChI=1S/C12H16FNO/c1-12(15,10-6-7-14-8-10)9-2-4-11(13)5-3-9/h2-5,10,14-15H,6-8H2,1H3. The van der Waals surface area contributed by atoms with E-state index in [1.54, 1.807) is 19.1 Å². The zero-order valence-electron chi connectivity index (χ0n) is 8.83. The Hall–Kier alpha value is -0.930. The molecular formula is C12H16FNO. The van der Waals surface area contributed by atoms with E-state index in [0.717, 1.165) is 25.1 Å². The molecule has 1 aliphatic rings. The van der Waals surface area contributed by atoms with E-state index in [0.29, 0.717) is 0 Å². The van der Waals surface area contributed by atoms with Gasteiger partial charge in [0, 0.05) is 12.5 Å². The zero-order valence-corrected chi connectivity index (χ0v) is 8.83. The van der Waals surface area contributed by atoms with Gasteiger partial charge < -0.3 is 10.4 Å². The SMILES string of the molecule is CC(O)(c1ccc(F)cc1)C1CCNC1. The van der Waals surface area contributed by atoms with Crippen LogP contribution in [0.4, 0.5) is 4.39 Å². The van der Waals surface area contributed by atoms with E-state index in [9.17, 15) is 9.50 Å². The lowest BCUT2D eigenvalue weighted by Gasteiger charge is -2.30. The maximum absolute atomic E-state index is 12.8. The first-order valence-corrected chi connectivity index (χ1v) is 5.30. The minimum atomic E-state index is -0.864. The summed E-state index contributed by atoms with van der Waals surface area (Å²) in [7, 11) is 0. The summed E-state index contributed by atoms with van der Waals surface area (Å²) in [5, 5.41) is 13.6. The Balaban J connectivity index is 2.23. The summed E-state index contributed by atoms with van der Waals surface area (Å²) < 4.78 is 12.8. The van der Waals surface area contributed by atoms with Gasteiger partial charge >= 0.3 is 0 Å². The second-order valence-corrected chi connectivity index (χ2v) is 4.34. The van der Waals surface area contributed by atoms with Crippen molar-refractivity contribution in [2.24, 2.45) is 5.92 Å². The maximum atomic E-state index is 12.8. The van der Waals surface area contributed by atoms with E-state index >= 15 is 0 Å². The topological polar surface area (TPSA) is 32.3 Å². The molecule has 0 spiro atoms. The van der Waals surface area contributed by atoms with Crippen LogP contribution in [-0.2, 0) is 5.60 Å². The molecule has 2 nitrogen and oxygen atoms in total. The van der Waals surface area contributed by atoms with Crippen molar-refractivity contribution in [2.45, 2.75) is 18.9 Å². The van der Waals surface area contributed by atoms with Crippen LogP contribution >= 0.6 is 0 Å². The minimum absolute atomic E-state index is 0.211. The van der Waals surface area contributed by atoms with Crippen molar-refractivity contribution in [3.8, 4) is 0 Å². The number of aliphatic hydroxyl groups is 1. The predicted molar refractivity (Wildman–Crippen MR) is 56.9 cm³/mol. The van der Waals surface area contributed by atoms with Gasteiger partial charge in [0.05, 0.1) is 5.60 Å². The summed E-state index contributed by atoms with van der Waals surface area (Å²) >= 11 is 0. The second kappa shape index (κ2) is 3.91. The van der Waals surface area contributed by atoms with Crippen LogP contribution in [0.5, 0.6) is 0 Å². The highest BCUT2D eigenvalue weighted by Crippen LogP contribution is 2.32. The lowest BCUT2D eigenvalue weighted by molar-refractivity contribution is 0.00212. The molecule has 0 amide bonds. The third-order valence-corrected chi connectivity index (χ3v) is 3.28. The van der Waals surface area contributed by atoms with Crippen LogP contribution in [0.3, 0.4) is 0 Å². The van der Waals surface area contributed by atoms with Crippen molar-refractivity contribution < 1.29 is 9.50 Å². The van der Waals surface area contributed by atoms with Gasteiger partial charge in [0.1, 0.15) is 5.82 Å². The van der Waals surface area contributed by atoms with Crippen molar-refractivity contribution in [3.05, 3.63) is 35.6 Å². The van der Waals surface area contributed by atoms with Gasteiger partial charge in [-0.15, -0.1) is 0 Å². The number of hydrogen-bond acceptors (Lipinski definition) is 2. The molecule has 2 N–H and O–H groups in total. The van der Waals surface area contributed by atoms with Gasteiger partial charge in [-0.25, -0.2) is 4.39 Å². The molecule has 1 saturated heterocycles. The summed E-state index contributed by atoms with van der Waals surface area (Å²) in [4.78, 5) is 0. The molecule has 0 aliphatic carbocycles. The van der Waals surface area contributed by atoms with Crippen LogP contribution in [0.1, 0.15) is 18.9 Å². The predicted octanol–water partition coefficient (Wildman–Crippen LogP) is 1.64. The van der Waals surface area contributed by atoms with Crippen molar-refractivity contribution in [1.82, 2.24) is 5.32 Å². The number of nitrogens with one attached hydrogen (secondary N) is 1. The molecule has 1 fully saturated rings. The van der Waals surface area contributed by atoms with E-state index in [2.05, 4.69) is 5.32 Å². The van der Waals surface area contributed by atoms with Crippen LogP contribution in [0.15, 0.2) is 24.3 Å². The Kier molecular flexibility index (Phi) is 2.76. The Labute approximate surface area is 89.1 Å². The number of hydrogen-bond donors (Lipinski definition) is 2. The quantitative estimate of drug-likeness (QED) is 0.776. The van der Waals surface area contributed by atoms with Gasteiger partial charge in [-0.1, -0.05) is 12.1 Å². The van der Waals surface area contributed by atoms with E-state index < -0.39 is 5.60 Å². The van der Waals surface area contributed by atoms with Gasteiger partial charge in [0.2, 0.25) is 0 Å². The van der Waals surface area contributed by atoms with E-state index in [-0.39, 0.29) is 11.7 Å². The van der Waals surface area contributed by atoms with E-state index in [1.165, 1.54) is 12.1 Å². The molecule has 1 heterocycles. The normalized spacial score (nSPS) is 25.1. The average Bonchev–Trinajstić information content (AvgIpc) is 2.71. The lowest BCUT2D eigenvalue weighted by Crippen LogP contribution is -2.33. The summed E-state index contributed by atoms with van der Waals surface area (Å²) in [6, 6.07) is 6.11. The molecule has 0 saturated carbocycles. The summed E-state index contributed by atoms with van der Waals surface area (Å²) in [5.41, 5.74) is -0.0744. The molecule has 82 valence electrons. The molecule has 2 atom stereocenters. The van der Waals surface area contributed by atoms with Crippen molar-refractivity contribution >= 4 is 0 Å². The fourth-order valence-electron chi connectivity index (χ4n) is 2.16. The number of benzene rings is 1. The zero-order chi connectivity index (χ0) is 10.9. The molecule has 2 rings (SSSR count). The van der Waals surface area contributed by atoms with E-state index in [1.807, 2.05) is 0 Å². The molecule has 3 heteroatoms. The fourth-order valence-corrected chi connectivity index (χ4v) is 2.16. The highest BCUT2D eigenvalue weighted by atomic mass is 19.1. The number of halogens is 1. The first-order valence-electron chi connectivity index (χ1n) is 5.30. The fraction of sp³-hybridized carbons (Fsp3) is 0.500. The molecule has 1 aromatic rings. The van der Waals surface area contributed by atoms with Gasteiger partial charge in [-0.05, 0) is 37.6 Å². The molecule has 0 bridgehead atoms. The number of rotatable bonds is 2. The third kappa shape index (κ3) is 2.03. The largest absolute Gasteiger partial charge is 0.385 e. The van der Waals surface area contributed by atoms with Crippen LogP contribution in [0.25, 0.3) is 0 Å². The van der Waals surface area contributed by atoms with Crippen LogP contribution < -0.4 is 5.32 Å². The third-order valence-electron chi connectivity index (χ3n) is 3.28. The Morgan fingerprint density at radius 2 is 2.07 bits per heavy atom. The highest BCUT2D eigenvalue weighted by Gasteiger charge is 2.35. The lowest BCUT2D eigenvalue weighted by atomic mass is 9.82. The molecular weight excluding hydrogens is 193 g/mol. The smallest absolute Gasteiger partial charge is 0.123 e. The monoisotopic (exact) mass is 209 g/mol. The van der Waals surface area contributed by atoms with Crippen LogP contribution in [-0.4, -0.2) is 18.2 Å². The summed E-state index contributed by atoms with van der Waals surface area (Å²) in [5.74, 6) is -0.0536. The first kappa shape index (κ1) is 10.6. The Bertz CT molecular complexity index is 328. The summed E-state index contributed by atoms with van der Waals surface area (Å²) in [6.45, 7) is 3.57. The van der Waals surface area contributed by atoms with Crippen molar-refractivity contribution in [2.75, 3.05) is 13.1 Å². The van der Waals surface area contributed by atoms with Crippen molar-refractivity contribution in [1.29, 1.82) is 0 Å². The van der Waals surface area contributed by atoms with Gasteiger partial charge in [-0.3, -0.25) is 0 Å². The second-order valence-electron chi connectivity index (χ2n) is 4.34. The molecule has 1 aliphatic heterocycles. The average molecular weight is 209 g/mol. The van der Waals surface area contributed by atoms with Crippen LogP contribution in [0, 0.1) is 11.7 Å². The molecule has 15 heavy (non-hydrogen) atoms. The van der Waals surface area contributed by atoms with Crippen LogP contribution in [0.2, 0.25) is 0 Å².